The van der Waals surface area contributed by atoms with Crippen molar-refractivity contribution in [3.05, 3.63) is 72.7 Å². The Bertz CT molecular complexity index is 1180. The van der Waals surface area contributed by atoms with Gasteiger partial charge in [0.1, 0.15) is 24.0 Å². The first kappa shape index (κ1) is 19.4. The van der Waals surface area contributed by atoms with E-state index in [4.69, 9.17) is 0 Å². The lowest BCUT2D eigenvalue weighted by Gasteiger charge is -2.14. The van der Waals surface area contributed by atoms with Crippen molar-refractivity contribution in [3.8, 4) is 0 Å². The Morgan fingerprint density at radius 2 is 1.73 bits per heavy atom. The number of rotatable bonds is 6. The van der Waals surface area contributed by atoms with Gasteiger partial charge >= 0.3 is 0 Å². The molecule has 30 heavy (non-hydrogen) atoms. The van der Waals surface area contributed by atoms with E-state index in [2.05, 4.69) is 20.6 Å². The Kier molecular flexibility index (Phi) is 5.34. The zero-order valence-corrected chi connectivity index (χ0v) is 17.3. The molecule has 0 saturated heterocycles. The Morgan fingerprint density at radius 3 is 2.50 bits per heavy atom. The minimum atomic E-state index is -0.0703. The van der Waals surface area contributed by atoms with Gasteiger partial charge in [0.2, 0.25) is 5.91 Å². The highest BCUT2D eigenvalue weighted by molar-refractivity contribution is 5.92. The van der Waals surface area contributed by atoms with Crippen molar-refractivity contribution < 1.29 is 4.79 Å². The number of aromatic nitrogens is 3. The fourth-order valence-corrected chi connectivity index (χ4v) is 3.26. The molecule has 2 aromatic carbocycles. The molecule has 0 aliphatic carbocycles. The van der Waals surface area contributed by atoms with Gasteiger partial charge < -0.3 is 20.1 Å². The first-order valence-electron chi connectivity index (χ1n) is 9.72. The largest absolute Gasteiger partial charge is 0.363 e. The van der Waals surface area contributed by atoms with Crippen LogP contribution in [0.5, 0.6) is 0 Å². The van der Waals surface area contributed by atoms with Crippen LogP contribution in [-0.2, 0) is 11.3 Å². The smallest absolute Gasteiger partial charge is 0.244 e. The van der Waals surface area contributed by atoms with E-state index in [9.17, 15) is 4.79 Å². The van der Waals surface area contributed by atoms with E-state index in [1.54, 1.807) is 0 Å². The molecule has 0 radical (unpaired) electrons. The molecule has 0 saturated carbocycles. The standard InChI is InChI=1S/C23H24N6O/c1-16-24-21(14-22(25-16)28(2)3)26-18-8-10-19(11-9-18)27-23(30)15-29-13-12-17-6-4-5-7-20(17)29/h4-14H,15H2,1-3H3,(H,27,30)(H,24,25,26). The average Bonchev–Trinajstić information content (AvgIpc) is 3.12. The van der Waals surface area contributed by atoms with Crippen LogP contribution in [-0.4, -0.2) is 34.5 Å². The number of amides is 1. The summed E-state index contributed by atoms with van der Waals surface area (Å²) in [6, 6.07) is 19.5. The summed E-state index contributed by atoms with van der Waals surface area (Å²) >= 11 is 0. The summed E-state index contributed by atoms with van der Waals surface area (Å²) in [6.07, 6.45) is 1.93. The third kappa shape index (κ3) is 4.41. The molecule has 0 aliphatic rings. The SMILES string of the molecule is Cc1nc(Nc2ccc(NC(=O)Cn3ccc4ccccc43)cc2)cc(N(C)C)n1. The molecule has 2 N–H and O–H groups in total. The van der Waals surface area contributed by atoms with Gasteiger partial charge in [0.05, 0.1) is 0 Å². The fourth-order valence-electron chi connectivity index (χ4n) is 3.26. The van der Waals surface area contributed by atoms with Gasteiger partial charge in [-0.2, -0.15) is 0 Å². The highest BCUT2D eigenvalue weighted by Gasteiger charge is 2.08. The number of para-hydroxylation sites is 1. The minimum absolute atomic E-state index is 0.0703. The molecular weight excluding hydrogens is 376 g/mol. The minimum Gasteiger partial charge on any atom is -0.363 e. The van der Waals surface area contributed by atoms with Gasteiger partial charge in [-0.05, 0) is 48.7 Å². The summed E-state index contributed by atoms with van der Waals surface area (Å²) in [5.41, 5.74) is 2.67. The molecule has 0 fully saturated rings. The number of anilines is 4. The van der Waals surface area contributed by atoms with Crippen LogP contribution < -0.4 is 15.5 Å². The van der Waals surface area contributed by atoms with Crippen LogP contribution in [0.15, 0.2) is 66.9 Å². The molecule has 0 aliphatic heterocycles. The maximum atomic E-state index is 12.5. The monoisotopic (exact) mass is 400 g/mol. The molecule has 152 valence electrons. The Labute approximate surface area is 175 Å². The van der Waals surface area contributed by atoms with E-state index in [1.807, 2.05) is 97.3 Å². The predicted molar refractivity (Wildman–Crippen MR) is 121 cm³/mol. The Morgan fingerprint density at radius 1 is 1.00 bits per heavy atom. The lowest BCUT2D eigenvalue weighted by molar-refractivity contribution is -0.116. The number of nitrogens with one attached hydrogen (secondary N) is 2. The summed E-state index contributed by atoms with van der Waals surface area (Å²) in [5.74, 6) is 2.19. The molecule has 0 unspecified atom stereocenters. The summed E-state index contributed by atoms with van der Waals surface area (Å²) in [4.78, 5) is 23.2. The van der Waals surface area contributed by atoms with E-state index in [0.29, 0.717) is 5.82 Å². The highest BCUT2D eigenvalue weighted by atomic mass is 16.1. The number of nitrogens with zero attached hydrogens (tertiary/aromatic N) is 4. The summed E-state index contributed by atoms with van der Waals surface area (Å²) in [5, 5.41) is 7.35. The van der Waals surface area contributed by atoms with Crippen LogP contribution in [0, 0.1) is 6.92 Å². The van der Waals surface area contributed by atoms with E-state index in [0.717, 1.165) is 33.9 Å². The first-order chi connectivity index (χ1) is 14.5. The van der Waals surface area contributed by atoms with Crippen molar-refractivity contribution in [2.75, 3.05) is 29.6 Å². The lowest BCUT2D eigenvalue weighted by Crippen LogP contribution is -2.18. The van der Waals surface area contributed by atoms with Crippen LogP contribution in [0.25, 0.3) is 10.9 Å². The maximum Gasteiger partial charge on any atom is 0.244 e. The van der Waals surface area contributed by atoms with Gasteiger partial charge in [-0.3, -0.25) is 4.79 Å². The molecule has 7 nitrogen and oxygen atoms in total. The van der Waals surface area contributed by atoms with E-state index in [-0.39, 0.29) is 12.5 Å². The second-order valence-electron chi connectivity index (χ2n) is 7.31. The van der Waals surface area contributed by atoms with E-state index in [1.165, 1.54) is 0 Å². The average molecular weight is 400 g/mol. The normalized spacial score (nSPS) is 10.8. The number of fused-ring (bicyclic) bond motifs is 1. The van der Waals surface area contributed by atoms with Gasteiger partial charge in [-0.25, -0.2) is 9.97 Å². The number of hydrogen-bond acceptors (Lipinski definition) is 5. The number of carbonyl (C=O) groups is 1. The zero-order chi connectivity index (χ0) is 21.1. The van der Waals surface area contributed by atoms with Crippen molar-refractivity contribution in [3.63, 3.8) is 0 Å². The third-order valence-electron chi connectivity index (χ3n) is 4.72. The van der Waals surface area contributed by atoms with Crippen molar-refractivity contribution in [2.24, 2.45) is 0 Å². The maximum absolute atomic E-state index is 12.5. The zero-order valence-electron chi connectivity index (χ0n) is 17.3. The summed E-state index contributed by atoms with van der Waals surface area (Å²) in [7, 11) is 3.89. The van der Waals surface area contributed by atoms with E-state index < -0.39 is 0 Å². The van der Waals surface area contributed by atoms with Crippen LogP contribution in [0.4, 0.5) is 23.0 Å². The topological polar surface area (TPSA) is 75.1 Å². The van der Waals surface area contributed by atoms with E-state index >= 15 is 0 Å². The molecular formula is C23H24N6O. The predicted octanol–water partition coefficient (Wildman–Crippen LogP) is 4.19. The number of benzene rings is 2. The summed E-state index contributed by atoms with van der Waals surface area (Å²) in [6.45, 7) is 2.13. The van der Waals surface area contributed by atoms with Gasteiger partial charge in [0, 0.05) is 43.3 Å². The Hall–Kier alpha value is -3.87. The third-order valence-corrected chi connectivity index (χ3v) is 4.72. The van der Waals surface area contributed by atoms with Crippen LogP contribution >= 0.6 is 0 Å². The van der Waals surface area contributed by atoms with Crippen molar-refractivity contribution in [1.82, 2.24) is 14.5 Å². The van der Waals surface area contributed by atoms with Crippen molar-refractivity contribution >= 4 is 39.8 Å². The number of hydrogen-bond donors (Lipinski definition) is 2. The molecule has 4 aromatic rings. The van der Waals surface area contributed by atoms with Crippen LogP contribution in [0.2, 0.25) is 0 Å². The second-order valence-corrected chi connectivity index (χ2v) is 7.31. The van der Waals surface area contributed by atoms with Crippen molar-refractivity contribution in [2.45, 2.75) is 13.5 Å². The van der Waals surface area contributed by atoms with Gasteiger partial charge in [-0.15, -0.1) is 0 Å². The number of aryl methyl sites for hydroxylation is 1. The molecule has 2 heterocycles. The summed E-state index contributed by atoms with van der Waals surface area (Å²) < 4.78 is 1.94. The van der Waals surface area contributed by atoms with Gasteiger partial charge in [0.15, 0.2) is 0 Å². The van der Waals surface area contributed by atoms with Crippen LogP contribution in [0.3, 0.4) is 0 Å². The lowest BCUT2D eigenvalue weighted by atomic mass is 10.2. The quantitative estimate of drug-likeness (QED) is 0.508. The number of carbonyl (C=O) groups excluding carboxylic acids is 1. The molecule has 0 spiro atoms. The van der Waals surface area contributed by atoms with Gasteiger partial charge in [-0.1, -0.05) is 18.2 Å². The molecule has 1 amide bonds. The molecule has 7 heteroatoms. The van der Waals surface area contributed by atoms with Gasteiger partial charge in [0.25, 0.3) is 0 Å². The van der Waals surface area contributed by atoms with Crippen molar-refractivity contribution in [1.29, 1.82) is 0 Å². The second kappa shape index (κ2) is 8.24. The molecule has 0 bridgehead atoms. The molecule has 4 rings (SSSR count). The molecule has 2 aromatic heterocycles. The molecule has 0 atom stereocenters. The highest BCUT2D eigenvalue weighted by Crippen LogP contribution is 2.21. The first-order valence-corrected chi connectivity index (χ1v) is 9.72. The van der Waals surface area contributed by atoms with Crippen LogP contribution in [0.1, 0.15) is 5.82 Å². The fraction of sp³-hybridized carbons (Fsp3) is 0.174. The Balaban J connectivity index is 1.40.